The van der Waals surface area contributed by atoms with Gasteiger partial charge in [0.1, 0.15) is 0 Å². The van der Waals surface area contributed by atoms with Crippen molar-refractivity contribution in [1.29, 1.82) is 0 Å². The third-order valence-corrected chi connectivity index (χ3v) is 0. The first kappa shape index (κ1) is 9.53. The van der Waals surface area contributed by atoms with Crippen molar-refractivity contribution in [3.8, 4) is 0 Å². The molecule has 0 bridgehead atoms. The van der Waals surface area contributed by atoms with Crippen LogP contribution in [0.15, 0.2) is 0 Å². The van der Waals surface area contributed by atoms with Crippen molar-refractivity contribution in [2.45, 2.75) is 0 Å². The molecule has 0 aromatic rings. The fourth-order valence-electron chi connectivity index (χ4n) is 0. The van der Waals surface area contributed by atoms with Crippen LogP contribution in [0.4, 0.5) is 0 Å². The molecule has 0 N–H and O–H groups in total. The molecule has 0 atom stereocenters. The average Bonchev–Trinajstić information content (AvgIpc) is 0.811. The van der Waals surface area contributed by atoms with Gasteiger partial charge in [0.25, 0.3) is 0 Å². The van der Waals surface area contributed by atoms with Gasteiger partial charge in [-0.2, -0.15) is 0 Å². The Hall–Kier alpha value is 1.25. The molecule has 0 unspecified atom stereocenters. The van der Waals surface area contributed by atoms with Gasteiger partial charge in [-0.3, -0.25) is 0 Å². The zero-order valence-corrected chi connectivity index (χ0v) is 8.77. The van der Waals surface area contributed by atoms with Crippen LogP contribution in [0.1, 0.15) is 0 Å². The summed E-state index contributed by atoms with van der Waals surface area (Å²) in [5, 5.41) is 0. The fraction of sp³-hybridized carbons (Fsp3) is 0. The van der Waals surface area contributed by atoms with Crippen molar-refractivity contribution in [1.82, 2.24) is 0 Å². The second-order valence-electron chi connectivity index (χ2n) is 0.224. The van der Waals surface area contributed by atoms with Crippen molar-refractivity contribution >= 4 is 8.60 Å². The van der Waals surface area contributed by atoms with Crippen molar-refractivity contribution in [3.05, 3.63) is 0 Å². The van der Waals surface area contributed by atoms with Crippen molar-refractivity contribution < 1.29 is 42.3 Å². The van der Waals surface area contributed by atoms with Gasteiger partial charge in [-0.25, -0.2) is 0 Å². The first-order chi connectivity index (χ1) is 1.73. The predicted molar refractivity (Wildman–Crippen MR) is 6.92 cm³/mol. The Morgan fingerprint density at radius 1 is 1.00 bits per heavy atom. The summed E-state index contributed by atoms with van der Waals surface area (Å²) in [7, 11) is -3.37. The van der Waals surface area contributed by atoms with E-state index >= 15 is 0 Å². The summed E-state index contributed by atoms with van der Waals surface area (Å²) in [5.41, 5.74) is 0. The minimum atomic E-state index is -3.37. The van der Waals surface area contributed by atoms with Crippen LogP contribution in [-0.2, 0) is 27.7 Å². The van der Waals surface area contributed by atoms with Gasteiger partial charge >= 0.3 is 27.7 Å². The molecular formula is HgO3P. The van der Waals surface area contributed by atoms with E-state index < -0.39 is 8.60 Å². The summed E-state index contributed by atoms with van der Waals surface area (Å²) >= 11 is 0. The fourth-order valence-corrected chi connectivity index (χ4v) is 0. The molecule has 0 spiro atoms. The van der Waals surface area contributed by atoms with E-state index in [2.05, 4.69) is 0 Å². The number of rotatable bonds is 0. The summed E-state index contributed by atoms with van der Waals surface area (Å²) in [6, 6.07) is 0. The molecule has 0 fully saturated rings. The van der Waals surface area contributed by atoms with Gasteiger partial charge in [-0.05, 0) is 0 Å². The molecule has 0 radical (unpaired) electrons. The van der Waals surface area contributed by atoms with Crippen LogP contribution in [0.5, 0.6) is 0 Å². The quantitative estimate of drug-likeness (QED) is 0.358. The van der Waals surface area contributed by atoms with E-state index in [4.69, 9.17) is 14.7 Å². The molecule has 0 aliphatic heterocycles. The Kier molecular flexibility index (Phi) is 10.0. The molecule has 25 valence electrons. The van der Waals surface area contributed by atoms with Gasteiger partial charge in [0, 0.05) is 0 Å². The monoisotopic (exact) mass is 281 g/mol. The van der Waals surface area contributed by atoms with Crippen LogP contribution < -0.4 is 14.7 Å². The maximum Gasteiger partial charge on any atom is 3.00 e. The van der Waals surface area contributed by atoms with Crippen LogP contribution in [0.25, 0.3) is 0 Å². The Morgan fingerprint density at radius 3 is 1.00 bits per heavy atom. The van der Waals surface area contributed by atoms with Crippen molar-refractivity contribution in [2.75, 3.05) is 0 Å². The Balaban J connectivity index is 0. The summed E-state index contributed by atoms with van der Waals surface area (Å²) in [6.07, 6.45) is 0. The standard InChI is InChI=1S/Hg.O3P/c;1-4(2)3/q+3;-3. The van der Waals surface area contributed by atoms with Crippen LogP contribution >= 0.6 is 8.60 Å². The molecule has 0 aliphatic rings. The average molecular weight is 280 g/mol. The first-order valence-electron chi connectivity index (χ1n) is 0.548. The van der Waals surface area contributed by atoms with E-state index in [1.807, 2.05) is 0 Å². The van der Waals surface area contributed by atoms with Crippen LogP contribution in [-0.4, -0.2) is 0 Å². The third kappa shape index (κ3) is 35.6. The summed E-state index contributed by atoms with van der Waals surface area (Å²) in [6.45, 7) is 0. The van der Waals surface area contributed by atoms with Crippen molar-refractivity contribution in [2.24, 2.45) is 0 Å². The van der Waals surface area contributed by atoms with E-state index in [1.165, 1.54) is 0 Å². The van der Waals surface area contributed by atoms with Crippen LogP contribution in [0.3, 0.4) is 0 Å². The normalized spacial score (nSPS) is 7.20. The molecule has 3 nitrogen and oxygen atoms in total. The topological polar surface area (TPSA) is 69.2 Å². The summed E-state index contributed by atoms with van der Waals surface area (Å²) < 4.78 is 0. The molecule has 0 heterocycles. The molecule has 0 aromatic carbocycles. The zero-order chi connectivity index (χ0) is 3.58. The van der Waals surface area contributed by atoms with Gasteiger partial charge < -0.3 is 23.3 Å². The minimum Gasteiger partial charge on any atom is -0.854 e. The SMILES string of the molecule is [Hg+3].[O-]P([O-])[O-]. The largest absolute Gasteiger partial charge is 3.00 e. The van der Waals surface area contributed by atoms with E-state index in [0.717, 1.165) is 0 Å². The Bertz CT molecular complexity index is 11.6. The zero-order valence-electron chi connectivity index (χ0n) is 2.38. The molecule has 0 aromatic heterocycles. The van der Waals surface area contributed by atoms with E-state index in [1.54, 1.807) is 0 Å². The third-order valence-electron chi connectivity index (χ3n) is 0. The van der Waals surface area contributed by atoms with E-state index in [9.17, 15) is 0 Å². The molecule has 5 heteroatoms. The molecular weight excluding hydrogens is 280 g/mol. The van der Waals surface area contributed by atoms with Gasteiger partial charge in [0.15, 0.2) is 0 Å². The molecule has 0 amide bonds. The second kappa shape index (κ2) is 5.25. The minimum absolute atomic E-state index is 0. The molecule has 0 saturated carbocycles. The van der Waals surface area contributed by atoms with Crippen molar-refractivity contribution in [3.63, 3.8) is 0 Å². The van der Waals surface area contributed by atoms with Crippen LogP contribution in [0.2, 0.25) is 0 Å². The first-order valence-corrected chi connectivity index (χ1v) is 1.64. The number of hydrogen-bond acceptors (Lipinski definition) is 3. The van der Waals surface area contributed by atoms with Gasteiger partial charge in [-0.1, -0.05) is 0 Å². The maximum absolute atomic E-state index is 8.48. The van der Waals surface area contributed by atoms with E-state index in [0.29, 0.717) is 0 Å². The molecule has 0 rings (SSSR count). The second-order valence-corrected chi connectivity index (χ2v) is 0.671. The number of hydrogen-bond donors (Lipinski definition) is 0. The Labute approximate surface area is 51.1 Å². The molecule has 0 saturated heterocycles. The molecule has 0 aliphatic carbocycles. The van der Waals surface area contributed by atoms with Gasteiger partial charge in [-0.15, -0.1) is 0 Å². The van der Waals surface area contributed by atoms with Gasteiger partial charge in [0.05, 0.1) is 0 Å². The summed E-state index contributed by atoms with van der Waals surface area (Å²) in [5.74, 6) is 0. The van der Waals surface area contributed by atoms with Gasteiger partial charge in [0.2, 0.25) is 0 Å². The smallest absolute Gasteiger partial charge is 0.854 e. The Morgan fingerprint density at radius 2 is 1.00 bits per heavy atom. The molecule has 5 heavy (non-hydrogen) atoms. The summed E-state index contributed by atoms with van der Waals surface area (Å²) in [4.78, 5) is 25.4. The van der Waals surface area contributed by atoms with Crippen LogP contribution in [0, 0.1) is 0 Å². The maximum atomic E-state index is 8.48. The predicted octanol–water partition coefficient (Wildman–Crippen LogP) is -2.71. The van der Waals surface area contributed by atoms with E-state index in [-0.39, 0.29) is 27.7 Å².